The van der Waals surface area contributed by atoms with Crippen LogP contribution in [0.1, 0.15) is 0 Å². The summed E-state index contributed by atoms with van der Waals surface area (Å²) in [5, 5.41) is 17.5. The molecule has 5 nitrogen and oxygen atoms in total. The summed E-state index contributed by atoms with van der Waals surface area (Å²) in [7, 11) is -3.87. The molecule has 0 bridgehead atoms. The molecular formula is C10H14FNO4S. The Morgan fingerprint density at radius 3 is 2.24 bits per heavy atom. The Morgan fingerprint density at radius 1 is 1.18 bits per heavy atom. The number of aliphatic hydroxyl groups is 2. The first-order valence-corrected chi connectivity index (χ1v) is 6.44. The first-order chi connectivity index (χ1) is 8.02. The molecule has 7 heteroatoms. The summed E-state index contributed by atoms with van der Waals surface area (Å²) in [6.07, 6.45) is 0. The molecule has 0 heterocycles. The molecule has 0 unspecified atom stereocenters. The number of benzene rings is 1. The summed E-state index contributed by atoms with van der Waals surface area (Å²) >= 11 is 0. The molecule has 96 valence electrons. The van der Waals surface area contributed by atoms with Crippen molar-refractivity contribution < 1.29 is 23.0 Å². The molecule has 0 aliphatic carbocycles. The maximum absolute atomic E-state index is 13.0. The number of rotatable bonds is 6. The van der Waals surface area contributed by atoms with Gasteiger partial charge in [0.05, 0.1) is 18.1 Å². The molecule has 1 aromatic rings. The summed E-state index contributed by atoms with van der Waals surface area (Å²) in [4.78, 5) is -0.195. The topological polar surface area (TPSA) is 77.8 Å². The zero-order valence-corrected chi connectivity index (χ0v) is 9.90. The van der Waals surface area contributed by atoms with Gasteiger partial charge in [0.1, 0.15) is 5.82 Å². The largest absolute Gasteiger partial charge is 0.395 e. The molecular weight excluding hydrogens is 249 g/mol. The number of hydrogen-bond donors (Lipinski definition) is 2. The van der Waals surface area contributed by atoms with Gasteiger partial charge >= 0.3 is 0 Å². The van der Waals surface area contributed by atoms with Crippen LogP contribution >= 0.6 is 0 Å². The van der Waals surface area contributed by atoms with E-state index in [0.717, 1.165) is 16.4 Å². The maximum atomic E-state index is 13.0. The average Bonchev–Trinajstić information content (AvgIpc) is 2.29. The molecule has 0 radical (unpaired) electrons. The molecule has 0 aromatic heterocycles. The first-order valence-electron chi connectivity index (χ1n) is 5.00. The van der Waals surface area contributed by atoms with Gasteiger partial charge in [-0.05, 0) is 18.2 Å². The fraction of sp³-hybridized carbons (Fsp3) is 0.400. The van der Waals surface area contributed by atoms with Crippen molar-refractivity contribution in [2.75, 3.05) is 26.3 Å². The number of sulfonamides is 1. The monoisotopic (exact) mass is 263 g/mol. The van der Waals surface area contributed by atoms with E-state index in [-0.39, 0.29) is 31.2 Å². The minimum absolute atomic E-state index is 0.139. The average molecular weight is 263 g/mol. The second-order valence-electron chi connectivity index (χ2n) is 3.31. The van der Waals surface area contributed by atoms with Gasteiger partial charge in [0, 0.05) is 13.1 Å². The van der Waals surface area contributed by atoms with Gasteiger partial charge in [-0.15, -0.1) is 0 Å². The lowest BCUT2D eigenvalue weighted by Gasteiger charge is -2.20. The Labute approximate surface area is 99.2 Å². The normalized spacial score (nSPS) is 12.0. The summed E-state index contributed by atoms with van der Waals surface area (Å²) in [5.41, 5.74) is 0. The van der Waals surface area contributed by atoms with Crippen LogP contribution in [0.3, 0.4) is 0 Å². The fourth-order valence-electron chi connectivity index (χ4n) is 1.35. The van der Waals surface area contributed by atoms with E-state index in [1.165, 1.54) is 12.1 Å². The summed E-state index contributed by atoms with van der Waals surface area (Å²) < 4.78 is 37.9. The Kier molecular flexibility index (Phi) is 5.01. The van der Waals surface area contributed by atoms with Gasteiger partial charge in [0.2, 0.25) is 10.0 Å². The van der Waals surface area contributed by atoms with E-state index in [9.17, 15) is 12.8 Å². The Morgan fingerprint density at radius 2 is 1.76 bits per heavy atom. The smallest absolute Gasteiger partial charge is 0.243 e. The van der Waals surface area contributed by atoms with Crippen LogP contribution < -0.4 is 0 Å². The summed E-state index contributed by atoms with van der Waals surface area (Å²) in [5.74, 6) is -0.654. The van der Waals surface area contributed by atoms with E-state index < -0.39 is 15.8 Å². The van der Waals surface area contributed by atoms with Gasteiger partial charge < -0.3 is 10.2 Å². The van der Waals surface area contributed by atoms with Crippen molar-refractivity contribution in [1.82, 2.24) is 4.31 Å². The van der Waals surface area contributed by atoms with Gasteiger partial charge in [-0.1, -0.05) is 6.07 Å². The van der Waals surface area contributed by atoms with Crippen molar-refractivity contribution in [2.45, 2.75) is 4.90 Å². The van der Waals surface area contributed by atoms with Crippen LogP contribution in [0.15, 0.2) is 29.2 Å². The third-order valence-electron chi connectivity index (χ3n) is 2.13. The lowest BCUT2D eigenvalue weighted by Crippen LogP contribution is -2.35. The molecule has 2 N–H and O–H groups in total. The Bertz CT molecular complexity index is 457. The van der Waals surface area contributed by atoms with Gasteiger partial charge in [-0.3, -0.25) is 0 Å². The van der Waals surface area contributed by atoms with Crippen LogP contribution in [0, 0.1) is 5.82 Å². The van der Waals surface area contributed by atoms with Crippen molar-refractivity contribution in [3.8, 4) is 0 Å². The van der Waals surface area contributed by atoms with E-state index >= 15 is 0 Å². The number of nitrogens with zero attached hydrogens (tertiary/aromatic N) is 1. The van der Waals surface area contributed by atoms with Gasteiger partial charge in [0.25, 0.3) is 0 Å². The maximum Gasteiger partial charge on any atom is 0.243 e. The Balaban J connectivity index is 3.07. The predicted molar refractivity (Wildman–Crippen MR) is 59.3 cm³/mol. The van der Waals surface area contributed by atoms with Crippen LogP contribution in [0.25, 0.3) is 0 Å². The van der Waals surface area contributed by atoms with Crippen molar-refractivity contribution in [1.29, 1.82) is 0 Å². The summed E-state index contributed by atoms with van der Waals surface area (Å²) in [6, 6.07) is 4.59. The fourth-order valence-corrected chi connectivity index (χ4v) is 2.81. The molecule has 0 fully saturated rings. The van der Waals surface area contributed by atoms with Gasteiger partial charge in [-0.25, -0.2) is 12.8 Å². The minimum atomic E-state index is -3.87. The second kappa shape index (κ2) is 6.06. The first kappa shape index (κ1) is 14.0. The third kappa shape index (κ3) is 3.47. The van der Waals surface area contributed by atoms with Crippen LogP contribution in [0.5, 0.6) is 0 Å². The van der Waals surface area contributed by atoms with E-state index in [1.807, 2.05) is 0 Å². The van der Waals surface area contributed by atoms with Crippen LogP contribution in [0.4, 0.5) is 4.39 Å². The van der Waals surface area contributed by atoms with E-state index in [1.54, 1.807) is 0 Å². The molecule has 1 aromatic carbocycles. The number of hydrogen-bond acceptors (Lipinski definition) is 4. The van der Waals surface area contributed by atoms with Gasteiger partial charge in [-0.2, -0.15) is 4.31 Å². The highest BCUT2D eigenvalue weighted by atomic mass is 32.2. The molecule has 1 rings (SSSR count). The van der Waals surface area contributed by atoms with E-state index in [4.69, 9.17) is 10.2 Å². The molecule has 0 amide bonds. The molecule has 0 atom stereocenters. The molecule has 0 saturated carbocycles. The second-order valence-corrected chi connectivity index (χ2v) is 5.25. The quantitative estimate of drug-likeness (QED) is 0.745. The molecule has 17 heavy (non-hydrogen) atoms. The van der Waals surface area contributed by atoms with Gasteiger partial charge in [0.15, 0.2) is 0 Å². The van der Waals surface area contributed by atoms with Crippen molar-refractivity contribution in [3.63, 3.8) is 0 Å². The minimum Gasteiger partial charge on any atom is -0.395 e. The number of aliphatic hydroxyl groups excluding tert-OH is 2. The molecule has 0 aliphatic heterocycles. The third-order valence-corrected chi connectivity index (χ3v) is 4.03. The van der Waals surface area contributed by atoms with Crippen molar-refractivity contribution in [2.24, 2.45) is 0 Å². The van der Waals surface area contributed by atoms with Crippen LogP contribution in [-0.4, -0.2) is 49.2 Å². The van der Waals surface area contributed by atoms with Crippen LogP contribution in [-0.2, 0) is 10.0 Å². The Hall–Kier alpha value is -1.02. The summed E-state index contributed by atoms with van der Waals surface area (Å²) in [6.45, 7) is -1.01. The number of halogens is 1. The zero-order chi connectivity index (χ0) is 12.9. The lowest BCUT2D eigenvalue weighted by atomic mass is 10.4. The standard InChI is InChI=1S/C10H14FNO4S/c11-9-2-1-3-10(8-9)17(15,16)12(4-6-13)5-7-14/h1-3,8,13-14H,4-7H2. The molecule has 0 spiro atoms. The SMILES string of the molecule is O=S(=O)(c1cccc(F)c1)N(CCO)CCO. The van der Waals surface area contributed by atoms with E-state index in [0.29, 0.717) is 0 Å². The lowest BCUT2D eigenvalue weighted by molar-refractivity contribution is 0.217. The zero-order valence-electron chi connectivity index (χ0n) is 9.08. The van der Waals surface area contributed by atoms with Crippen LogP contribution in [0.2, 0.25) is 0 Å². The van der Waals surface area contributed by atoms with Crippen molar-refractivity contribution >= 4 is 10.0 Å². The van der Waals surface area contributed by atoms with E-state index in [2.05, 4.69) is 0 Å². The van der Waals surface area contributed by atoms with Crippen molar-refractivity contribution in [3.05, 3.63) is 30.1 Å². The molecule has 0 aliphatic rings. The molecule has 0 saturated heterocycles. The highest BCUT2D eigenvalue weighted by molar-refractivity contribution is 7.89. The highest BCUT2D eigenvalue weighted by Crippen LogP contribution is 2.16. The predicted octanol–water partition coefficient (Wildman–Crippen LogP) is -0.199. The highest BCUT2D eigenvalue weighted by Gasteiger charge is 2.23.